The van der Waals surface area contributed by atoms with E-state index in [4.69, 9.17) is 5.73 Å². The molecular weight excluding hydrogens is 230 g/mol. The summed E-state index contributed by atoms with van der Waals surface area (Å²) in [4.78, 5) is 11.5. The second-order valence-corrected chi connectivity index (χ2v) is 5.69. The summed E-state index contributed by atoms with van der Waals surface area (Å²) >= 11 is 0. The summed E-state index contributed by atoms with van der Waals surface area (Å²) in [7, 11) is -1.89. The van der Waals surface area contributed by atoms with Crippen molar-refractivity contribution < 1.29 is 13.2 Å². The molecular formula is C9H21N3O3S. The molecule has 7 heteroatoms. The summed E-state index contributed by atoms with van der Waals surface area (Å²) in [5.74, 6) is -0.348. The number of nitrogens with two attached hydrogens (primary N) is 1. The molecule has 0 aliphatic carbocycles. The molecule has 0 fully saturated rings. The fourth-order valence-electron chi connectivity index (χ4n) is 1.14. The molecule has 1 unspecified atom stereocenters. The van der Waals surface area contributed by atoms with Crippen LogP contribution in [0.5, 0.6) is 0 Å². The van der Waals surface area contributed by atoms with Crippen molar-refractivity contribution in [2.24, 2.45) is 11.7 Å². The van der Waals surface area contributed by atoms with Crippen LogP contribution in [-0.2, 0) is 14.8 Å². The van der Waals surface area contributed by atoms with Crippen molar-refractivity contribution in [3.63, 3.8) is 0 Å². The molecule has 1 amide bonds. The lowest BCUT2D eigenvalue weighted by atomic mass is 10.1. The van der Waals surface area contributed by atoms with Gasteiger partial charge in [0.15, 0.2) is 0 Å². The summed E-state index contributed by atoms with van der Waals surface area (Å²) in [6.07, 6.45) is 1.52. The number of rotatable bonds is 8. The van der Waals surface area contributed by atoms with Gasteiger partial charge in [0, 0.05) is 12.5 Å². The number of nitrogens with one attached hydrogen (secondary N) is 2. The van der Waals surface area contributed by atoms with E-state index in [0.29, 0.717) is 6.54 Å². The van der Waals surface area contributed by atoms with E-state index < -0.39 is 10.0 Å². The third-order valence-electron chi connectivity index (χ3n) is 2.27. The van der Waals surface area contributed by atoms with Gasteiger partial charge in [-0.25, -0.2) is 13.1 Å². The molecule has 6 nitrogen and oxygen atoms in total. The predicted molar refractivity (Wildman–Crippen MR) is 63.3 cm³/mol. The van der Waals surface area contributed by atoms with Gasteiger partial charge in [-0.15, -0.1) is 0 Å². The summed E-state index contributed by atoms with van der Waals surface area (Å²) in [6, 6.07) is 0. The molecule has 0 saturated carbocycles. The smallest absolute Gasteiger partial charge is 0.222 e. The molecule has 0 rings (SSSR count). The zero-order valence-corrected chi connectivity index (χ0v) is 10.6. The van der Waals surface area contributed by atoms with Crippen molar-refractivity contribution in [3.05, 3.63) is 0 Å². The Morgan fingerprint density at radius 3 is 2.56 bits per heavy atom. The Morgan fingerprint density at radius 1 is 1.44 bits per heavy atom. The van der Waals surface area contributed by atoms with Gasteiger partial charge in [-0.2, -0.15) is 0 Å². The van der Waals surface area contributed by atoms with Gasteiger partial charge in [-0.1, -0.05) is 6.92 Å². The quantitative estimate of drug-likeness (QED) is 0.516. The van der Waals surface area contributed by atoms with Crippen molar-refractivity contribution in [2.75, 3.05) is 25.9 Å². The van der Waals surface area contributed by atoms with Crippen LogP contribution in [0.2, 0.25) is 0 Å². The second-order valence-electron chi connectivity index (χ2n) is 3.65. The molecule has 16 heavy (non-hydrogen) atoms. The minimum Gasteiger partial charge on any atom is -0.355 e. The van der Waals surface area contributed by atoms with Crippen LogP contribution in [0, 0.1) is 5.92 Å². The highest BCUT2D eigenvalue weighted by atomic mass is 32.2. The SMILES string of the molecule is CNS(=O)(=O)CCNC(=O)C(C)CCCN. The third-order valence-corrected chi connectivity index (χ3v) is 3.63. The maximum atomic E-state index is 11.5. The van der Waals surface area contributed by atoms with E-state index >= 15 is 0 Å². The number of sulfonamides is 1. The zero-order chi connectivity index (χ0) is 12.6. The minimum atomic E-state index is -3.24. The van der Waals surface area contributed by atoms with Crippen molar-refractivity contribution in [2.45, 2.75) is 19.8 Å². The molecule has 0 aromatic rings. The van der Waals surface area contributed by atoms with Crippen molar-refractivity contribution in [1.29, 1.82) is 0 Å². The van der Waals surface area contributed by atoms with E-state index in [1.54, 1.807) is 6.92 Å². The monoisotopic (exact) mass is 251 g/mol. The minimum absolute atomic E-state index is 0.0984. The molecule has 96 valence electrons. The fraction of sp³-hybridized carbons (Fsp3) is 0.889. The van der Waals surface area contributed by atoms with Gasteiger partial charge >= 0.3 is 0 Å². The first-order valence-electron chi connectivity index (χ1n) is 5.32. The molecule has 0 heterocycles. The van der Waals surface area contributed by atoms with Gasteiger partial charge in [0.05, 0.1) is 5.75 Å². The van der Waals surface area contributed by atoms with Gasteiger partial charge in [0.1, 0.15) is 0 Å². The molecule has 1 atom stereocenters. The van der Waals surface area contributed by atoms with Gasteiger partial charge in [0.25, 0.3) is 0 Å². The van der Waals surface area contributed by atoms with Crippen LogP contribution in [0.15, 0.2) is 0 Å². The zero-order valence-electron chi connectivity index (χ0n) is 9.82. The van der Waals surface area contributed by atoms with Gasteiger partial charge < -0.3 is 11.1 Å². The average Bonchev–Trinajstić information content (AvgIpc) is 2.25. The van der Waals surface area contributed by atoms with Crippen LogP contribution in [-0.4, -0.2) is 40.2 Å². The molecule has 0 spiro atoms. The first kappa shape index (κ1) is 15.3. The highest BCUT2D eigenvalue weighted by molar-refractivity contribution is 7.89. The highest BCUT2D eigenvalue weighted by Gasteiger charge is 2.13. The number of hydrogen-bond donors (Lipinski definition) is 3. The lowest BCUT2D eigenvalue weighted by molar-refractivity contribution is -0.124. The summed E-state index contributed by atoms with van der Waals surface area (Å²) in [5, 5.41) is 2.58. The van der Waals surface area contributed by atoms with E-state index in [1.165, 1.54) is 7.05 Å². The van der Waals surface area contributed by atoms with E-state index in [9.17, 15) is 13.2 Å². The average molecular weight is 251 g/mol. The number of carbonyl (C=O) groups excluding carboxylic acids is 1. The molecule has 0 aromatic carbocycles. The number of carbonyl (C=O) groups is 1. The lowest BCUT2D eigenvalue weighted by Crippen LogP contribution is -2.35. The van der Waals surface area contributed by atoms with Crippen molar-refractivity contribution in [1.82, 2.24) is 10.0 Å². The maximum absolute atomic E-state index is 11.5. The van der Waals surface area contributed by atoms with Crippen LogP contribution >= 0.6 is 0 Å². The molecule has 0 radical (unpaired) electrons. The number of amides is 1. The fourth-order valence-corrected chi connectivity index (χ4v) is 1.71. The maximum Gasteiger partial charge on any atom is 0.222 e. The summed E-state index contributed by atoms with van der Waals surface area (Å²) in [5.41, 5.74) is 5.33. The topological polar surface area (TPSA) is 101 Å². The molecule has 0 aliphatic rings. The van der Waals surface area contributed by atoms with Crippen LogP contribution in [0.1, 0.15) is 19.8 Å². The molecule has 0 aliphatic heterocycles. The third kappa shape index (κ3) is 6.76. The second kappa shape index (κ2) is 7.59. The molecule has 0 aromatic heterocycles. The van der Waals surface area contributed by atoms with Gasteiger partial charge in [0.2, 0.25) is 15.9 Å². The Morgan fingerprint density at radius 2 is 2.06 bits per heavy atom. The van der Waals surface area contributed by atoms with E-state index in [0.717, 1.165) is 12.8 Å². The lowest BCUT2D eigenvalue weighted by Gasteiger charge is -2.11. The molecule has 0 bridgehead atoms. The van der Waals surface area contributed by atoms with Crippen LogP contribution < -0.4 is 15.8 Å². The molecule has 0 saturated heterocycles. The highest BCUT2D eigenvalue weighted by Crippen LogP contribution is 2.03. The van der Waals surface area contributed by atoms with E-state index in [2.05, 4.69) is 10.0 Å². The standard InChI is InChI=1S/C9H21N3O3S/c1-8(4-3-5-10)9(13)12-6-7-16(14,15)11-2/h8,11H,3-7,10H2,1-2H3,(H,12,13). The number of hydrogen-bond acceptors (Lipinski definition) is 4. The predicted octanol–water partition coefficient (Wildman–Crippen LogP) is -0.973. The van der Waals surface area contributed by atoms with E-state index in [-0.39, 0.29) is 24.1 Å². The van der Waals surface area contributed by atoms with Crippen LogP contribution in [0.4, 0.5) is 0 Å². The Balaban J connectivity index is 3.81. The summed E-state index contributed by atoms with van der Waals surface area (Å²) < 4.78 is 24.3. The first-order chi connectivity index (χ1) is 7.43. The van der Waals surface area contributed by atoms with Crippen LogP contribution in [0.3, 0.4) is 0 Å². The molecule has 4 N–H and O–H groups in total. The Labute approximate surface area is 97.0 Å². The van der Waals surface area contributed by atoms with Crippen molar-refractivity contribution in [3.8, 4) is 0 Å². The Hall–Kier alpha value is -0.660. The summed E-state index contributed by atoms with van der Waals surface area (Å²) in [6.45, 7) is 2.50. The van der Waals surface area contributed by atoms with Gasteiger partial charge in [-0.05, 0) is 26.4 Å². The van der Waals surface area contributed by atoms with E-state index in [1.807, 2.05) is 0 Å². The first-order valence-corrected chi connectivity index (χ1v) is 6.97. The van der Waals surface area contributed by atoms with Gasteiger partial charge in [-0.3, -0.25) is 4.79 Å². The Kier molecular flexibility index (Phi) is 7.27. The van der Waals surface area contributed by atoms with Crippen LogP contribution in [0.25, 0.3) is 0 Å². The Bertz CT molecular complexity index is 303. The normalized spacial score (nSPS) is 13.4. The van der Waals surface area contributed by atoms with Crippen molar-refractivity contribution >= 4 is 15.9 Å². The largest absolute Gasteiger partial charge is 0.355 e.